The van der Waals surface area contributed by atoms with Crippen molar-refractivity contribution in [1.82, 2.24) is 0 Å². The zero-order chi connectivity index (χ0) is 14.3. The van der Waals surface area contributed by atoms with Crippen molar-refractivity contribution in [3.05, 3.63) is 64.5 Å². The Morgan fingerprint density at radius 3 is 2.80 bits per heavy atom. The van der Waals surface area contributed by atoms with Gasteiger partial charge in [0.15, 0.2) is 0 Å². The van der Waals surface area contributed by atoms with Crippen molar-refractivity contribution < 1.29 is 9.18 Å². The quantitative estimate of drug-likeness (QED) is 0.881. The molecule has 1 atom stereocenters. The van der Waals surface area contributed by atoms with E-state index in [9.17, 15) is 9.18 Å². The lowest BCUT2D eigenvalue weighted by Gasteiger charge is -2.15. The molecular weight excluding hydrogens is 255 g/mol. The van der Waals surface area contributed by atoms with Gasteiger partial charge in [-0.25, -0.2) is 4.39 Å². The van der Waals surface area contributed by atoms with Gasteiger partial charge >= 0.3 is 0 Å². The fourth-order valence-electron chi connectivity index (χ4n) is 2.51. The molecule has 4 heteroatoms. The summed E-state index contributed by atoms with van der Waals surface area (Å²) >= 11 is 0. The van der Waals surface area contributed by atoms with Crippen LogP contribution in [-0.2, 0) is 11.2 Å². The van der Waals surface area contributed by atoms with Gasteiger partial charge in [0.05, 0.1) is 12.5 Å². The summed E-state index contributed by atoms with van der Waals surface area (Å²) in [6.45, 7) is 1.84. The largest absolute Gasteiger partial charge is 0.326 e. The first-order chi connectivity index (χ1) is 9.54. The monoisotopic (exact) mass is 270 g/mol. The summed E-state index contributed by atoms with van der Waals surface area (Å²) in [6, 6.07) is 10.0. The Labute approximate surface area is 116 Å². The standard InChI is InChI=1S/C16H15FN2O/c1-9-2-4-12(13(17)6-9)16(18)10-3-5-14-11(7-10)8-15(20)19-14/h2-7,16H,8,18H2,1H3,(H,19,20). The van der Waals surface area contributed by atoms with E-state index in [1.807, 2.05) is 31.2 Å². The molecular formula is C16H15FN2O. The molecule has 0 fully saturated rings. The van der Waals surface area contributed by atoms with Crippen LogP contribution in [0.2, 0.25) is 0 Å². The molecule has 3 nitrogen and oxygen atoms in total. The van der Waals surface area contributed by atoms with Gasteiger partial charge in [-0.2, -0.15) is 0 Å². The molecule has 0 radical (unpaired) electrons. The van der Waals surface area contributed by atoms with Crippen molar-refractivity contribution in [3.63, 3.8) is 0 Å². The lowest BCUT2D eigenvalue weighted by Crippen LogP contribution is -2.14. The van der Waals surface area contributed by atoms with Crippen LogP contribution in [-0.4, -0.2) is 5.91 Å². The van der Waals surface area contributed by atoms with Crippen LogP contribution in [0.15, 0.2) is 36.4 Å². The third-order valence-electron chi connectivity index (χ3n) is 3.60. The molecule has 1 aliphatic heterocycles. The van der Waals surface area contributed by atoms with Crippen molar-refractivity contribution in [1.29, 1.82) is 0 Å². The molecule has 0 aromatic heterocycles. The van der Waals surface area contributed by atoms with E-state index in [-0.39, 0.29) is 11.7 Å². The number of aryl methyl sites for hydroxylation is 1. The number of fused-ring (bicyclic) bond motifs is 1. The van der Waals surface area contributed by atoms with Gasteiger partial charge < -0.3 is 11.1 Å². The van der Waals surface area contributed by atoms with Gasteiger partial charge in [-0.1, -0.05) is 24.3 Å². The topological polar surface area (TPSA) is 55.1 Å². The fourth-order valence-corrected chi connectivity index (χ4v) is 2.51. The number of hydrogen-bond acceptors (Lipinski definition) is 2. The van der Waals surface area contributed by atoms with E-state index in [1.54, 1.807) is 6.07 Å². The number of carbonyl (C=O) groups excluding carboxylic acids is 1. The number of carbonyl (C=O) groups is 1. The van der Waals surface area contributed by atoms with Crippen LogP contribution in [0, 0.1) is 12.7 Å². The van der Waals surface area contributed by atoms with Crippen LogP contribution in [0.3, 0.4) is 0 Å². The molecule has 3 N–H and O–H groups in total. The number of rotatable bonds is 2. The van der Waals surface area contributed by atoms with Crippen molar-refractivity contribution in [2.45, 2.75) is 19.4 Å². The van der Waals surface area contributed by atoms with Crippen molar-refractivity contribution in [3.8, 4) is 0 Å². The number of hydrogen-bond donors (Lipinski definition) is 2. The highest BCUT2D eigenvalue weighted by molar-refractivity contribution is 5.99. The van der Waals surface area contributed by atoms with E-state index in [2.05, 4.69) is 5.32 Å². The Kier molecular flexibility index (Phi) is 3.03. The molecule has 0 saturated heterocycles. The first-order valence-electron chi connectivity index (χ1n) is 6.49. The van der Waals surface area contributed by atoms with Gasteiger partial charge in [-0.15, -0.1) is 0 Å². The summed E-state index contributed by atoms with van der Waals surface area (Å²) in [5, 5.41) is 2.77. The Morgan fingerprint density at radius 1 is 1.25 bits per heavy atom. The number of amides is 1. The van der Waals surface area contributed by atoms with Crippen LogP contribution < -0.4 is 11.1 Å². The molecule has 0 saturated carbocycles. The summed E-state index contributed by atoms with van der Waals surface area (Å²) in [4.78, 5) is 11.3. The molecule has 0 spiro atoms. The molecule has 0 bridgehead atoms. The second-order valence-electron chi connectivity index (χ2n) is 5.14. The molecule has 3 rings (SSSR count). The van der Waals surface area contributed by atoms with Gasteiger partial charge in [0.25, 0.3) is 0 Å². The van der Waals surface area contributed by atoms with Gasteiger partial charge in [0, 0.05) is 11.3 Å². The molecule has 0 aliphatic carbocycles. The van der Waals surface area contributed by atoms with Crippen LogP contribution >= 0.6 is 0 Å². The number of nitrogens with two attached hydrogens (primary N) is 1. The molecule has 1 unspecified atom stereocenters. The van der Waals surface area contributed by atoms with Crippen molar-refractivity contribution >= 4 is 11.6 Å². The van der Waals surface area contributed by atoms with Crippen LogP contribution in [0.1, 0.15) is 28.3 Å². The van der Waals surface area contributed by atoms with Gasteiger partial charge in [0.1, 0.15) is 5.82 Å². The fraction of sp³-hybridized carbons (Fsp3) is 0.188. The molecule has 2 aromatic carbocycles. The zero-order valence-corrected chi connectivity index (χ0v) is 11.1. The van der Waals surface area contributed by atoms with E-state index in [0.29, 0.717) is 12.0 Å². The van der Waals surface area contributed by atoms with Gasteiger partial charge in [0.2, 0.25) is 5.91 Å². The zero-order valence-electron chi connectivity index (χ0n) is 11.1. The van der Waals surface area contributed by atoms with Crippen LogP contribution in [0.25, 0.3) is 0 Å². The average Bonchev–Trinajstić information content (AvgIpc) is 2.77. The van der Waals surface area contributed by atoms with E-state index in [0.717, 1.165) is 22.4 Å². The normalized spacial score (nSPS) is 14.8. The minimum Gasteiger partial charge on any atom is -0.326 e. The number of anilines is 1. The van der Waals surface area contributed by atoms with E-state index >= 15 is 0 Å². The number of halogens is 1. The first-order valence-corrected chi connectivity index (χ1v) is 6.49. The van der Waals surface area contributed by atoms with Gasteiger partial charge in [-0.05, 0) is 35.7 Å². The maximum absolute atomic E-state index is 14.0. The second-order valence-corrected chi connectivity index (χ2v) is 5.14. The summed E-state index contributed by atoms with van der Waals surface area (Å²) in [7, 11) is 0. The minimum atomic E-state index is -0.531. The molecule has 102 valence electrons. The Morgan fingerprint density at radius 2 is 2.05 bits per heavy atom. The maximum Gasteiger partial charge on any atom is 0.228 e. The predicted molar refractivity (Wildman–Crippen MR) is 75.9 cm³/mol. The highest BCUT2D eigenvalue weighted by atomic mass is 19.1. The minimum absolute atomic E-state index is 0.0211. The summed E-state index contributed by atoms with van der Waals surface area (Å²) in [5.74, 6) is -0.320. The third-order valence-corrected chi connectivity index (χ3v) is 3.60. The summed E-state index contributed by atoms with van der Waals surface area (Å²) < 4.78 is 14.0. The third kappa shape index (κ3) is 2.18. The summed E-state index contributed by atoms with van der Waals surface area (Å²) in [6.07, 6.45) is 0.353. The second kappa shape index (κ2) is 4.72. The predicted octanol–water partition coefficient (Wildman–Crippen LogP) is 2.68. The SMILES string of the molecule is Cc1ccc(C(N)c2ccc3c(c2)CC(=O)N3)c(F)c1. The Hall–Kier alpha value is -2.20. The Bertz CT molecular complexity index is 697. The van der Waals surface area contributed by atoms with E-state index in [4.69, 9.17) is 5.73 Å². The van der Waals surface area contributed by atoms with Crippen molar-refractivity contribution in [2.75, 3.05) is 5.32 Å². The van der Waals surface area contributed by atoms with E-state index in [1.165, 1.54) is 6.07 Å². The number of benzene rings is 2. The highest BCUT2D eigenvalue weighted by Gasteiger charge is 2.20. The Balaban J connectivity index is 1.97. The molecule has 1 aliphatic rings. The molecule has 2 aromatic rings. The maximum atomic E-state index is 14.0. The van der Waals surface area contributed by atoms with Gasteiger partial charge in [-0.3, -0.25) is 4.79 Å². The molecule has 1 amide bonds. The van der Waals surface area contributed by atoms with Crippen molar-refractivity contribution in [2.24, 2.45) is 5.73 Å². The smallest absolute Gasteiger partial charge is 0.228 e. The van der Waals surface area contributed by atoms with E-state index < -0.39 is 6.04 Å². The molecule has 1 heterocycles. The summed E-state index contributed by atoms with van der Waals surface area (Å²) in [5.41, 5.74) is 10.0. The number of nitrogens with one attached hydrogen (secondary N) is 1. The molecule has 20 heavy (non-hydrogen) atoms. The average molecular weight is 270 g/mol. The lowest BCUT2D eigenvalue weighted by atomic mass is 9.96. The first kappa shape index (κ1) is 12.8. The highest BCUT2D eigenvalue weighted by Crippen LogP contribution is 2.29. The van der Waals surface area contributed by atoms with Crippen LogP contribution in [0.4, 0.5) is 10.1 Å². The lowest BCUT2D eigenvalue weighted by molar-refractivity contribution is -0.115. The van der Waals surface area contributed by atoms with Crippen LogP contribution in [0.5, 0.6) is 0 Å².